The van der Waals surface area contributed by atoms with Gasteiger partial charge in [-0.2, -0.15) is 0 Å². The van der Waals surface area contributed by atoms with Gasteiger partial charge in [-0.1, -0.05) is 85.0 Å². The lowest BCUT2D eigenvalue weighted by Gasteiger charge is -2.09. The van der Waals surface area contributed by atoms with Gasteiger partial charge >= 0.3 is 0 Å². The van der Waals surface area contributed by atoms with Gasteiger partial charge in [-0.25, -0.2) is 0 Å². The Labute approximate surface area is 118 Å². The van der Waals surface area contributed by atoms with Crippen molar-refractivity contribution in [2.24, 2.45) is 0 Å². The van der Waals surface area contributed by atoms with Crippen LogP contribution in [0.2, 0.25) is 0 Å². The second kappa shape index (κ2) is 5.54. The maximum atomic E-state index is 12.8. The van der Waals surface area contributed by atoms with Crippen LogP contribution in [0.25, 0.3) is 5.57 Å². The molecular weight excluding hydrogens is 244 g/mol. The molecule has 0 radical (unpaired) electrons. The topological polar surface area (TPSA) is 17.1 Å². The molecule has 0 aliphatic heterocycles. The molecule has 0 saturated heterocycles. The normalized spacial score (nSPS) is 12.7. The highest BCUT2D eigenvalue weighted by molar-refractivity contribution is 6.30. The van der Waals surface area contributed by atoms with Gasteiger partial charge in [0.05, 0.1) is 0 Å². The van der Waals surface area contributed by atoms with Gasteiger partial charge in [-0.15, -0.1) is 0 Å². The summed E-state index contributed by atoms with van der Waals surface area (Å²) in [7, 11) is 0. The van der Waals surface area contributed by atoms with E-state index < -0.39 is 0 Å². The zero-order valence-corrected chi connectivity index (χ0v) is 11.0. The summed E-state index contributed by atoms with van der Waals surface area (Å²) in [6.45, 7) is 0. The van der Waals surface area contributed by atoms with E-state index in [9.17, 15) is 4.79 Å². The van der Waals surface area contributed by atoms with Crippen LogP contribution in [0.3, 0.4) is 0 Å². The third-order valence-corrected chi connectivity index (χ3v) is 3.28. The maximum absolute atomic E-state index is 12.8. The van der Waals surface area contributed by atoms with Crippen molar-refractivity contribution in [2.45, 2.75) is 0 Å². The summed E-state index contributed by atoms with van der Waals surface area (Å²) in [5.41, 5.74) is 3.38. The number of carbonyl (C=O) groups excluding carboxylic acids is 1. The second-order valence-corrected chi connectivity index (χ2v) is 4.61. The predicted molar refractivity (Wildman–Crippen MR) is 82.4 cm³/mol. The first-order valence-corrected chi connectivity index (χ1v) is 6.60. The lowest BCUT2D eigenvalue weighted by molar-refractivity contribution is 0.105. The van der Waals surface area contributed by atoms with Gasteiger partial charge < -0.3 is 0 Å². The van der Waals surface area contributed by atoms with Crippen molar-refractivity contribution in [1.82, 2.24) is 0 Å². The maximum Gasteiger partial charge on any atom is 0.194 e. The fourth-order valence-corrected chi connectivity index (χ4v) is 2.31. The van der Waals surface area contributed by atoms with Crippen LogP contribution in [0.1, 0.15) is 15.9 Å². The van der Waals surface area contributed by atoms with E-state index in [1.807, 2.05) is 85.0 Å². The molecular formula is C19H14O. The molecule has 96 valence electrons. The monoisotopic (exact) mass is 258 g/mol. The third-order valence-electron chi connectivity index (χ3n) is 3.28. The quantitative estimate of drug-likeness (QED) is 0.587. The number of hydrogen-bond acceptors (Lipinski definition) is 1. The average molecular weight is 258 g/mol. The summed E-state index contributed by atoms with van der Waals surface area (Å²) < 4.78 is 0. The van der Waals surface area contributed by atoms with Crippen LogP contribution in [-0.2, 0) is 0 Å². The van der Waals surface area contributed by atoms with Gasteiger partial charge in [0.2, 0.25) is 0 Å². The summed E-state index contributed by atoms with van der Waals surface area (Å²) in [6.07, 6.45) is 7.86. The first kappa shape index (κ1) is 12.4. The summed E-state index contributed by atoms with van der Waals surface area (Å²) in [4.78, 5) is 12.8. The Bertz CT molecular complexity index is 690. The molecule has 20 heavy (non-hydrogen) atoms. The molecule has 3 rings (SSSR count). The van der Waals surface area contributed by atoms with Crippen molar-refractivity contribution >= 4 is 11.4 Å². The number of Topliss-reactive ketones (excluding diaryl/α,β-unsaturated/α-hetero) is 1. The molecule has 0 amide bonds. The first-order valence-electron chi connectivity index (χ1n) is 6.60. The molecule has 0 fully saturated rings. The highest BCUT2D eigenvalue weighted by Gasteiger charge is 2.17. The van der Waals surface area contributed by atoms with Crippen molar-refractivity contribution in [3.63, 3.8) is 0 Å². The SMILES string of the molecule is O=C(C(=C1C=CC=C1)c1ccccc1)c1ccccc1. The molecule has 1 heteroatoms. The summed E-state index contributed by atoms with van der Waals surface area (Å²) in [5.74, 6) is 0.0583. The Morgan fingerprint density at radius 3 is 1.70 bits per heavy atom. The molecule has 0 bridgehead atoms. The van der Waals surface area contributed by atoms with Gasteiger partial charge in [-0.3, -0.25) is 4.79 Å². The molecule has 1 nitrogen and oxygen atoms in total. The first-order chi connectivity index (χ1) is 9.86. The molecule has 0 saturated carbocycles. The van der Waals surface area contributed by atoms with E-state index in [-0.39, 0.29) is 5.78 Å². The van der Waals surface area contributed by atoms with Gasteiger partial charge in [0.1, 0.15) is 0 Å². The van der Waals surface area contributed by atoms with E-state index in [2.05, 4.69) is 0 Å². The number of benzene rings is 2. The fraction of sp³-hybridized carbons (Fsp3) is 0. The molecule has 0 spiro atoms. The van der Waals surface area contributed by atoms with E-state index >= 15 is 0 Å². The molecule has 1 aliphatic carbocycles. The van der Waals surface area contributed by atoms with Gasteiger partial charge in [0.15, 0.2) is 5.78 Å². The van der Waals surface area contributed by atoms with Crippen molar-refractivity contribution < 1.29 is 4.79 Å². The minimum atomic E-state index is 0.0583. The Balaban J connectivity index is 2.13. The van der Waals surface area contributed by atoms with Crippen LogP contribution in [0.5, 0.6) is 0 Å². The lowest BCUT2D eigenvalue weighted by Crippen LogP contribution is -2.04. The van der Waals surface area contributed by atoms with Crippen LogP contribution in [0, 0.1) is 0 Å². The van der Waals surface area contributed by atoms with Crippen molar-refractivity contribution in [3.05, 3.63) is 102 Å². The van der Waals surface area contributed by atoms with Gasteiger partial charge in [0, 0.05) is 11.1 Å². The fourth-order valence-electron chi connectivity index (χ4n) is 2.31. The minimum Gasteiger partial charge on any atom is -0.289 e. The molecule has 1 aliphatic rings. The number of ketones is 1. The van der Waals surface area contributed by atoms with Crippen LogP contribution in [0.15, 0.2) is 90.5 Å². The minimum absolute atomic E-state index is 0.0583. The number of hydrogen-bond donors (Lipinski definition) is 0. The molecule has 0 aromatic heterocycles. The van der Waals surface area contributed by atoms with E-state index in [4.69, 9.17) is 0 Å². The Hall–Kier alpha value is -2.67. The zero-order valence-electron chi connectivity index (χ0n) is 11.0. The smallest absolute Gasteiger partial charge is 0.194 e. The molecule has 0 atom stereocenters. The molecule has 0 heterocycles. The summed E-state index contributed by atoms with van der Waals surface area (Å²) in [5, 5.41) is 0. The van der Waals surface area contributed by atoms with Gasteiger partial charge in [0.25, 0.3) is 0 Å². The summed E-state index contributed by atoms with van der Waals surface area (Å²) >= 11 is 0. The van der Waals surface area contributed by atoms with E-state index in [0.29, 0.717) is 5.56 Å². The van der Waals surface area contributed by atoms with E-state index in [1.54, 1.807) is 0 Å². The zero-order chi connectivity index (χ0) is 13.8. The molecule has 2 aromatic rings. The molecule has 0 unspecified atom stereocenters. The highest BCUT2D eigenvalue weighted by Crippen LogP contribution is 2.26. The molecule has 0 N–H and O–H groups in total. The van der Waals surface area contributed by atoms with E-state index in [0.717, 1.165) is 16.7 Å². The van der Waals surface area contributed by atoms with Crippen LogP contribution in [-0.4, -0.2) is 5.78 Å². The largest absolute Gasteiger partial charge is 0.289 e. The Morgan fingerprint density at radius 1 is 0.650 bits per heavy atom. The average Bonchev–Trinajstić information content (AvgIpc) is 3.03. The number of allylic oxidation sites excluding steroid dienone is 6. The lowest BCUT2D eigenvalue weighted by atomic mass is 9.92. The van der Waals surface area contributed by atoms with Crippen LogP contribution in [0.4, 0.5) is 0 Å². The van der Waals surface area contributed by atoms with E-state index in [1.165, 1.54) is 0 Å². The third kappa shape index (κ3) is 2.39. The second-order valence-electron chi connectivity index (χ2n) is 4.61. The number of carbonyl (C=O) groups is 1. The van der Waals surface area contributed by atoms with Crippen molar-refractivity contribution in [1.29, 1.82) is 0 Å². The Kier molecular flexibility index (Phi) is 3.42. The highest BCUT2D eigenvalue weighted by atomic mass is 16.1. The summed E-state index contributed by atoms with van der Waals surface area (Å²) in [6, 6.07) is 19.2. The van der Waals surface area contributed by atoms with Crippen molar-refractivity contribution in [3.8, 4) is 0 Å². The number of rotatable bonds is 3. The standard InChI is InChI=1S/C19H14O/c20-19(17-13-5-2-6-14-17)18(16-11-7-8-12-16)15-9-3-1-4-10-15/h1-14H. The Morgan fingerprint density at radius 2 is 1.15 bits per heavy atom. The van der Waals surface area contributed by atoms with Crippen molar-refractivity contribution in [2.75, 3.05) is 0 Å². The van der Waals surface area contributed by atoms with Gasteiger partial charge in [-0.05, 0) is 11.1 Å². The molecule has 2 aromatic carbocycles. The van der Waals surface area contributed by atoms with Crippen LogP contribution >= 0.6 is 0 Å². The predicted octanol–water partition coefficient (Wildman–Crippen LogP) is 4.45. The van der Waals surface area contributed by atoms with Crippen LogP contribution < -0.4 is 0 Å².